The normalized spacial score (nSPS) is 10.5. The van der Waals surface area contributed by atoms with Crippen LogP contribution in [0.25, 0.3) is 0 Å². The van der Waals surface area contributed by atoms with Gasteiger partial charge < -0.3 is 20.1 Å². The maximum absolute atomic E-state index is 13.6. The van der Waals surface area contributed by atoms with Crippen molar-refractivity contribution in [3.05, 3.63) is 59.2 Å². The number of halogens is 2. The van der Waals surface area contributed by atoms with E-state index in [1.54, 1.807) is 12.1 Å². The Hall–Kier alpha value is -2.67. The minimum Gasteiger partial charge on any atom is -0.493 e. The standard InChI is InChI=1S/C20H24F2N2O3/c1-3-24-20(25)13-27-18-8-7-14(11-19(18)26-2)12-23-10-9-15-16(21)5-4-6-17(15)22/h4-8,11,23H,3,9-10,12-13H2,1-2H3,(H,24,25). The minimum absolute atomic E-state index is 0.0803. The summed E-state index contributed by atoms with van der Waals surface area (Å²) in [5.41, 5.74) is 1.00. The lowest BCUT2D eigenvalue weighted by atomic mass is 10.1. The topological polar surface area (TPSA) is 59.6 Å². The van der Waals surface area contributed by atoms with E-state index >= 15 is 0 Å². The molecular formula is C20H24F2N2O3. The molecule has 0 aliphatic carbocycles. The lowest BCUT2D eigenvalue weighted by Gasteiger charge is -2.12. The number of nitrogens with one attached hydrogen (secondary N) is 2. The molecule has 2 N–H and O–H groups in total. The first-order chi connectivity index (χ1) is 13.0. The molecule has 0 aliphatic heterocycles. The van der Waals surface area contributed by atoms with Gasteiger partial charge in [-0.1, -0.05) is 12.1 Å². The maximum Gasteiger partial charge on any atom is 0.257 e. The molecule has 146 valence electrons. The van der Waals surface area contributed by atoms with E-state index in [1.165, 1.54) is 25.3 Å². The van der Waals surface area contributed by atoms with Crippen LogP contribution in [0.4, 0.5) is 8.78 Å². The van der Waals surface area contributed by atoms with Crippen LogP contribution in [0, 0.1) is 11.6 Å². The summed E-state index contributed by atoms with van der Waals surface area (Å²) in [7, 11) is 1.52. The van der Waals surface area contributed by atoms with Gasteiger partial charge in [-0.3, -0.25) is 4.79 Å². The Bertz CT molecular complexity index is 749. The van der Waals surface area contributed by atoms with Crippen molar-refractivity contribution >= 4 is 5.91 Å². The van der Waals surface area contributed by atoms with Crippen molar-refractivity contribution in [1.29, 1.82) is 0 Å². The van der Waals surface area contributed by atoms with Gasteiger partial charge in [0.05, 0.1) is 7.11 Å². The zero-order chi connectivity index (χ0) is 19.6. The van der Waals surface area contributed by atoms with Crippen molar-refractivity contribution in [3.63, 3.8) is 0 Å². The zero-order valence-corrected chi connectivity index (χ0v) is 15.5. The predicted octanol–water partition coefficient (Wildman–Crippen LogP) is 2.82. The molecule has 2 aromatic rings. The number of hydrogen-bond acceptors (Lipinski definition) is 4. The summed E-state index contributed by atoms with van der Waals surface area (Å²) in [6, 6.07) is 9.22. The molecule has 0 atom stereocenters. The van der Waals surface area contributed by atoms with Crippen LogP contribution in [0.5, 0.6) is 11.5 Å². The third-order valence-corrected chi connectivity index (χ3v) is 3.90. The third-order valence-electron chi connectivity index (χ3n) is 3.90. The Balaban J connectivity index is 1.87. The average Bonchev–Trinajstić information content (AvgIpc) is 2.66. The SMILES string of the molecule is CCNC(=O)COc1ccc(CNCCc2c(F)cccc2F)cc1OC. The first kappa shape index (κ1) is 20.6. The number of carbonyl (C=O) groups is 1. The van der Waals surface area contributed by atoms with Crippen LogP contribution in [0.3, 0.4) is 0 Å². The van der Waals surface area contributed by atoms with Gasteiger partial charge in [0, 0.05) is 18.7 Å². The van der Waals surface area contributed by atoms with Gasteiger partial charge in [0.15, 0.2) is 18.1 Å². The molecule has 0 saturated carbocycles. The lowest BCUT2D eigenvalue weighted by molar-refractivity contribution is -0.123. The molecule has 5 nitrogen and oxygen atoms in total. The summed E-state index contributed by atoms with van der Waals surface area (Å²) < 4.78 is 38.0. The molecule has 0 radical (unpaired) electrons. The van der Waals surface area contributed by atoms with E-state index in [2.05, 4.69) is 10.6 Å². The molecule has 7 heteroatoms. The zero-order valence-electron chi connectivity index (χ0n) is 15.5. The fourth-order valence-corrected chi connectivity index (χ4v) is 2.55. The second-order valence-corrected chi connectivity index (χ2v) is 5.85. The highest BCUT2D eigenvalue weighted by molar-refractivity contribution is 5.77. The summed E-state index contributed by atoms with van der Waals surface area (Å²) in [5.74, 6) is -0.287. The van der Waals surface area contributed by atoms with E-state index < -0.39 is 11.6 Å². The Morgan fingerprint density at radius 3 is 2.52 bits per heavy atom. The molecule has 0 bridgehead atoms. The second kappa shape index (κ2) is 10.5. The summed E-state index contributed by atoms with van der Waals surface area (Å²) in [6.07, 6.45) is 0.253. The van der Waals surface area contributed by atoms with Crippen LogP contribution in [0.1, 0.15) is 18.1 Å². The van der Waals surface area contributed by atoms with Crippen molar-refractivity contribution < 1.29 is 23.0 Å². The van der Waals surface area contributed by atoms with Gasteiger partial charge >= 0.3 is 0 Å². The number of ether oxygens (including phenoxy) is 2. The van der Waals surface area contributed by atoms with Gasteiger partial charge in [-0.05, 0) is 49.7 Å². The van der Waals surface area contributed by atoms with Gasteiger partial charge in [0.25, 0.3) is 5.91 Å². The predicted molar refractivity (Wildman–Crippen MR) is 98.9 cm³/mol. The van der Waals surface area contributed by atoms with Gasteiger partial charge in [0.1, 0.15) is 11.6 Å². The van der Waals surface area contributed by atoms with Crippen molar-refractivity contribution in [2.45, 2.75) is 19.9 Å². The average molecular weight is 378 g/mol. The van der Waals surface area contributed by atoms with Crippen molar-refractivity contribution in [2.75, 3.05) is 26.8 Å². The number of benzene rings is 2. The van der Waals surface area contributed by atoms with E-state index in [9.17, 15) is 13.6 Å². The smallest absolute Gasteiger partial charge is 0.257 e. The molecular weight excluding hydrogens is 354 g/mol. The molecule has 1 amide bonds. The lowest BCUT2D eigenvalue weighted by Crippen LogP contribution is -2.28. The highest BCUT2D eigenvalue weighted by Gasteiger charge is 2.10. The first-order valence-electron chi connectivity index (χ1n) is 8.75. The van der Waals surface area contributed by atoms with Crippen LogP contribution < -0.4 is 20.1 Å². The van der Waals surface area contributed by atoms with Crippen molar-refractivity contribution in [1.82, 2.24) is 10.6 Å². The summed E-state index contributed by atoms with van der Waals surface area (Å²) in [5, 5.41) is 5.80. The molecule has 2 rings (SSSR count). The molecule has 0 saturated heterocycles. The van der Waals surface area contributed by atoms with E-state index in [0.717, 1.165) is 5.56 Å². The number of hydrogen-bond donors (Lipinski definition) is 2. The fraction of sp³-hybridized carbons (Fsp3) is 0.350. The van der Waals surface area contributed by atoms with E-state index in [0.29, 0.717) is 31.1 Å². The van der Waals surface area contributed by atoms with E-state index in [4.69, 9.17) is 9.47 Å². The maximum atomic E-state index is 13.6. The molecule has 2 aromatic carbocycles. The van der Waals surface area contributed by atoms with Crippen LogP contribution in [-0.4, -0.2) is 32.7 Å². The quantitative estimate of drug-likeness (QED) is 0.624. The van der Waals surface area contributed by atoms with Crippen molar-refractivity contribution in [3.8, 4) is 11.5 Å². The molecule has 0 spiro atoms. The Kier molecular flexibility index (Phi) is 8.00. The molecule has 0 aromatic heterocycles. The molecule has 0 heterocycles. The summed E-state index contributed by atoms with van der Waals surface area (Å²) in [6.45, 7) is 3.22. The molecule has 0 fully saturated rings. The first-order valence-corrected chi connectivity index (χ1v) is 8.75. The van der Waals surface area contributed by atoms with Crippen LogP contribution >= 0.6 is 0 Å². The van der Waals surface area contributed by atoms with Gasteiger partial charge in [-0.15, -0.1) is 0 Å². The van der Waals surface area contributed by atoms with Crippen molar-refractivity contribution in [2.24, 2.45) is 0 Å². The molecule has 0 unspecified atom stereocenters. The highest BCUT2D eigenvalue weighted by Crippen LogP contribution is 2.28. The van der Waals surface area contributed by atoms with Gasteiger partial charge in [-0.25, -0.2) is 8.78 Å². The Morgan fingerprint density at radius 1 is 1.11 bits per heavy atom. The highest BCUT2D eigenvalue weighted by atomic mass is 19.1. The number of likely N-dealkylation sites (N-methyl/N-ethyl adjacent to an activating group) is 1. The van der Waals surface area contributed by atoms with Crippen LogP contribution in [-0.2, 0) is 17.8 Å². The Morgan fingerprint density at radius 2 is 1.85 bits per heavy atom. The number of carbonyl (C=O) groups excluding carboxylic acids is 1. The summed E-state index contributed by atoms with van der Waals surface area (Å²) >= 11 is 0. The third kappa shape index (κ3) is 6.21. The van der Waals surface area contributed by atoms with Gasteiger partial charge in [-0.2, -0.15) is 0 Å². The van der Waals surface area contributed by atoms with Crippen LogP contribution in [0.15, 0.2) is 36.4 Å². The van der Waals surface area contributed by atoms with Gasteiger partial charge in [0.2, 0.25) is 0 Å². The largest absolute Gasteiger partial charge is 0.493 e. The van der Waals surface area contributed by atoms with Crippen LogP contribution in [0.2, 0.25) is 0 Å². The minimum atomic E-state index is -0.535. The van der Waals surface area contributed by atoms with E-state index in [-0.39, 0.29) is 24.5 Å². The van der Waals surface area contributed by atoms with E-state index in [1.807, 2.05) is 13.0 Å². The summed E-state index contributed by atoms with van der Waals surface area (Å²) in [4.78, 5) is 11.5. The number of amides is 1. The molecule has 0 aliphatic rings. The molecule has 27 heavy (non-hydrogen) atoms. The number of rotatable bonds is 10. The monoisotopic (exact) mass is 378 g/mol. The number of methoxy groups -OCH3 is 1. The fourth-order valence-electron chi connectivity index (χ4n) is 2.55. The second-order valence-electron chi connectivity index (χ2n) is 5.85. The Labute approximate surface area is 157 Å².